The normalized spacial score (nSPS) is 18.0. The number of nitrogens with one attached hydrogen (secondary N) is 1. The number of H-pyrrole nitrogens is 1. The molecule has 11 heteroatoms. The van der Waals surface area contributed by atoms with E-state index in [0.29, 0.717) is 12.4 Å². The van der Waals surface area contributed by atoms with Gasteiger partial charge in [-0.3, -0.25) is 19.4 Å². The number of amides is 2. The Balaban J connectivity index is 1.77. The van der Waals surface area contributed by atoms with Gasteiger partial charge in [-0.15, -0.1) is 0 Å². The summed E-state index contributed by atoms with van der Waals surface area (Å²) < 4.78 is 4.81. The Labute approximate surface area is 141 Å². The van der Waals surface area contributed by atoms with Crippen LogP contribution in [0.4, 0.5) is 5.82 Å². The van der Waals surface area contributed by atoms with Crippen molar-refractivity contribution in [2.75, 3.05) is 31.1 Å². The van der Waals surface area contributed by atoms with E-state index in [4.69, 9.17) is 10.3 Å². The lowest BCUT2D eigenvalue weighted by molar-refractivity contribution is 0.0634. The van der Waals surface area contributed by atoms with Crippen molar-refractivity contribution in [3.05, 3.63) is 40.3 Å². The molecule has 25 heavy (non-hydrogen) atoms. The van der Waals surface area contributed by atoms with Crippen LogP contribution in [0.3, 0.4) is 0 Å². The number of nitrogens with zero attached hydrogens (tertiary/aromatic N) is 4. The molecule has 1 aliphatic heterocycles. The van der Waals surface area contributed by atoms with Crippen LogP contribution in [0.1, 0.15) is 21.0 Å². The fourth-order valence-electron chi connectivity index (χ4n) is 2.55. The van der Waals surface area contributed by atoms with Gasteiger partial charge in [0.2, 0.25) is 5.76 Å². The van der Waals surface area contributed by atoms with Crippen molar-refractivity contribution < 1.29 is 19.2 Å². The second-order valence-corrected chi connectivity index (χ2v) is 5.55. The van der Waals surface area contributed by atoms with Crippen molar-refractivity contribution >= 4 is 17.6 Å². The first kappa shape index (κ1) is 16.6. The molecule has 1 fully saturated rings. The van der Waals surface area contributed by atoms with Crippen LogP contribution in [0.2, 0.25) is 0 Å². The molecule has 4 N–H and O–H groups in total. The number of aromatic amines is 1. The lowest BCUT2D eigenvalue weighted by atomic mass is 10.3. The lowest BCUT2D eigenvalue weighted by Crippen LogP contribution is -2.37. The zero-order chi connectivity index (χ0) is 18.0. The standard InChI is InChI=1S/C14H16N6O5/c15-13(23)9-4-16-5-11(17-9)19-1-2-20(7-8(21)6-19)14(24)10-3-12(22)18-25-10/h3-5,8,21H,1-2,6-7H2,(H2,15,23)(H,18,22). The zero-order valence-corrected chi connectivity index (χ0v) is 13.1. The molecule has 0 bridgehead atoms. The molecule has 0 radical (unpaired) electrons. The highest BCUT2D eigenvalue weighted by Crippen LogP contribution is 2.15. The Hall–Kier alpha value is -3.21. The van der Waals surface area contributed by atoms with Gasteiger partial charge in [0.05, 0.1) is 24.6 Å². The molecule has 2 aromatic rings. The monoisotopic (exact) mass is 348 g/mol. The molecule has 3 rings (SSSR count). The second-order valence-electron chi connectivity index (χ2n) is 5.55. The minimum atomic E-state index is -0.865. The van der Waals surface area contributed by atoms with Crippen LogP contribution >= 0.6 is 0 Å². The number of aliphatic hydroxyl groups excluding tert-OH is 1. The number of primary amides is 1. The summed E-state index contributed by atoms with van der Waals surface area (Å²) in [6, 6.07) is 1.05. The number of carbonyl (C=O) groups is 2. The first-order chi connectivity index (χ1) is 11.9. The van der Waals surface area contributed by atoms with Gasteiger partial charge in [0.1, 0.15) is 11.5 Å². The van der Waals surface area contributed by atoms with Crippen LogP contribution in [0.25, 0.3) is 0 Å². The van der Waals surface area contributed by atoms with Gasteiger partial charge < -0.3 is 25.2 Å². The first-order valence-corrected chi connectivity index (χ1v) is 7.46. The van der Waals surface area contributed by atoms with E-state index in [0.717, 1.165) is 6.07 Å². The van der Waals surface area contributed by atoms with Crippen LogP contribution in [-0.2, 0) is 0 Å². The van der Waals surface area contributed by atoms with Gasteiger partial charge in [0, 0.05) is 26.2 Å². The third kappa shape index (κ3) is 3.66. The van der Waals surface area contributed by atoms with Gasteiger partial charge in [-0.05, 0) is 0 Å². The number of aromatic nitrogens is 3. The fraction of sp³-hybridized carbons (Fsp3) is 0.357. The highest BCUT2D eigenvalue weighted by atomic mass is 16.5. The van der Waals surface area contributed by atoms with E-state index in [9.17, 15) is 19.5 Å². The van der Waals surface area contributed by atoms with Crippen LogP contribution in [0.5, 0.6) is 0 Å². The second kappa shape index (κ2) is 6.73. The number of anilines is 1. The molecule has 3 heterocycles. The summed E-state index contributed by atoms with van der Waals surface area (Å²) in [5, 5.41) is 12.2. The molecular weight excluding hydrogens is 332 g/mol. The Morgan fingerprint density at radius 2 is 2.12 bits per heavy atom. The molecular formula is C14H16N6O5. The van der Waals surface area contributed by atoms with E-state index in [1.807, 2.05) is 0 Å². The van der Waals surface area contributed by atoms with E-state index in [2.05, 4.69) is 15.1 Å². The maximum Gasteiger partial charge on any atom is 0.292 e. The SMILES string of the molecule is NC(=O)c1cncc(N2CCN(C(=O)c3cc(=O)[nH]o3)CC(O)C2)n1. The van der Waals surface area contributed by atoms with Gasteiger partial charge in [0.15, 0.2) is 0 Å². The van der Waals surface area contributed by atoms with Crippen molar-refractivity contribution in [2.45, 2.75) is 6.10 Å². The van der Waals surface area contributed by atoms with Gasteiger partial charge in [-0.25, -0.2) is 4.98 Å². The molecule has 0 spiro atoms. The Kier molecular flexibility index (Phi) is 4.48. The van der Waals surface area contributed by atoms with Crippen molar-refractivity contribution in [3.8, 4) is 0 Å². The molecule has 1 aliphatic rings. The summed E-state index contributed by atoms with van der Waals surface area (Å²) >= 11 is 0. The molecule has 0 saturated carbocycles. The number of β-amino-alcohol motifs (C(OH)–C–C–N with tert-alkyl or cyclic N) is 1. The number of hydrogen-bond donors (Lipinski definition) is 3. The Morgan fingerprint density at radius 1 is 1.32 bits per heavy atom. The number of hydrogen-bond acceptors (Lipinski definition) is 8. The summed E-state index contributed by atoms with van der Waals surface area (Å²) in [6.45, 7) is 0.854. The minimum absolute atomic E-state index is 0.0123. The molecule has 1 atom stereocenters. The molecule has 132 valence electrons. The molecule has 1 saturated heterocycles. The lowest BCUT2D eigenvalue weighted by Gasteiger charge is -2.22. The van der Waals surface area contributed by atoms with E-state index < -0.39 is 23.5 Å². The summed E-state index contributed by atoms with van der Waals surface area (Å²) in [6.07, 6.45) is 1.84. The topological polar surface area (TPSA) is 159 Å². The number of nitrogens with two attached hydrogens (primary N) is 1. The molecule has 2 amide bonds. The third-order valence-electron chi connectivity index (χ3n) is 3.72. The van der Waals surface area contributed by atoms with Gasteiger partial charge in [0.25, 0.3) is 17.4 Å². The largest absolute Gasteiger partial charge is 0.389 e. The Bertz CT molecular complexity index is 846. The van der Waals surface area contributed by atoms with E-state index >= 15 is 0 Å². The maximum atomic E-state index is 12.4. The van der Waals surface area contributed by atoms with Crippen molar-refractivity contribution in [1.29, 1.82) is 0 Å². The van der Waals surface area contributed by atoms with Crippen molar-refractivity contribution in [2.24, 2.45) is 5.73 Å². The fourth-order valence-corrected chi connectivity index (χ4v) is 2.55. The molecule has 11 nitrogen and oxygen atoms in total. The van der Waals surface area contributed by atoms with E-state index in [-0.39, 0.29) is 31.1 Å². The predicted molar refractivity (Wildman–Crippen MR) is 84.0 cm³/mol. The quantitative estimate of drug-likeness (QED) is 0.585. The van der Waals surface area contributed by atoms with Gasteiger partial charge in [-0.2, -0.15) is 5.16 Å². The summed E-state index contributed by atoms with van der Waals surface area (Å²) in [5.74, 6) is -0.959. The van der Waals surface area contributed by atoms with Crippen molar-refractivity contribution in [3.63, 3.8) is 0 Å². The zero-order valence-electron chi connectivity index (χ0n) is 13.1. The van der Waals surface area contributed by atoms with Crippen LogP contribution in [-0.4, -0.2) is 69.2 Å². The maximum absolute atomic E-state index is 12.4. The highest BCUT2D eigenvalue weighted by molar-refractivity contribution is 5.91. The summed E-state index contributed by atoms with van der Waals surface area (Å²) in [5.41, 5.74) is 4.69. The minimum Gasteiger partial charge on any atom is -0.389 e. The van der Waals surface area contributed by atoms with Crippen molar-refractivity contribution in [1.82, 2.24) is 20.0 Å². The average molecular weight is 348 g/mol. The van der Waals surface area contributed by atoms with Gasteiger partial charge >= 0.3 is 0 Å². The average Bonchev–Trinajstić information content (AvgIpc) is 2.92. The highest BCUT2D eigenvalue weighted by Gasteiger charge is 2.28. The van der Waals surface area contributed by atoms with Crippen LogP contribution in [0, 0.1) is 0 Å². The summed E-state index contributed by atoms with van der Waals surface area (Å²) in [7, 11) is 0. The molecule has 0 aromatic carbocycles. The number of aliphatic hydroxyl groups is 1. The third-order valence-corrected chi connectivity index (χ3v) is 3.72. The number of rotatable bonds is 3. The summed E-state index contributed by atoms with van der Waals surface area (Å²) in [4.78, 5) is 45.8. The van der Waals surface area contributed by atoms with E-state index in [1.54, 1.807) is 4.90 Å². The molecule has 1 unspecified atom stereocenters. The van der Waals surface area contributed by atoms with E-state index in [1.165, 1.54) is 17.3 Å². The smallest absolute Gasteiger partial charge is 0.292 e. The predicted octanol–water partition coefficient (Wildman–Crippen LogP) is -1.82. The first-order valence-electron chi connectivity index (χ1n) is 7.46. The number of carbonyl (C=O) groups excluding carboxylic acids is 2. The Morgan fingerprint density at radius 3 is 2.80 bits per heavy atom. The molecule has 0 aliphatic carbocycles. The van der Waals surface area contributed by atoms with Gasteiger partial charge in [-0.1, -0.05) is 0 Å². The van der Waals surface area contributed by atoms with Crippen LogP contribution in [0.15, 0.2) is 27.8 Å². The van der Waals surface area contributed by atoms with Crippen LogP contribution < -0.4 is 16.2 Å². The molecule has 2 aromatic heterocycles.